The summed E-state index contributed by atoms with van der Waals surface area (Å²) in [5.41, 5.74) is 2.20. The van der Waals surface area contributed by atoms with E-state index < -0.39 is 0 Å². The zero-order valence-corrected chi connectivity index (χ0v) is 13.7. The van der Waals surface area contributed by atoms with Crippen LogP contribution in [0.5, 0.6) is 0 Å². The number of nitrogens with one attached hydrogen (secondary N) is 1. The van der Waals surface area contributed by atoms with Gasteiger partial charge in [-0.15, -0.1) is 0 Å². The Morgan fingerprint density at radius 2 is 2.00 bits per heavy atom. The number of hydrogen-bond donors (Lipinski definition) is 2. The van der Waals surface area contributed by atoms with Gasteiger partial charge in [0.05, 0.1) is 5.69 Å². The van der Waals surface area contributed by atoms with Crippen LogP contribution in [-0.2, 0) is 6.54 Å². The highest BCUT2D eigenvalue weighted by atomic mass is 32.1. The van der Waals surface area contributed by atoms with Gasteiger partial charge in [0.25, 0.3) is 0 Å². The summed E-state index contributed by atoms with van der Waals surface area (Å²) in [7, 11) is 4.03. The topological polar surface area (TPSA) is 48.4 Å². The first-order valence-corrected chi connectivity index (χ1v) is 7.97. The van der Waals surface area contributed by atoms with Gasteiger partial charge in [0, 0.05) is 44.2 Å². The minimum atomic E-state index is 0.212. The van der Waals surface area contributed by atoms with Crippen molar-refractivity contribution in [2.75, 3.05) is 32.1 Å². The molecule has 0 aliphatic carbocycles. The van der Waals surface area contributed by atoms with Crippen molar-refractivity contribution in [2.45, 2.75) is 13.5 Å². The molecular formula is C16H23N3OS. The van der Waals surface area contributed by atoms with E-state index in [1.54, 1.807) is 11.3 Å². The molecule has 0 amide bonds. The third-order valence-electron chi connectivity index (χ3n) is 3.21. The summed E-state index contributed by atoms with van der Waals surface area (Å²) in [6.07, 6.45) is 0. The van der Waals surface area contributed by atoms with Gasteiger partial charge < -0.3 is 15.3 Å². The van der Waals surface area contributed by atoms with Crippen LogP contribution in [0.3, 0.4) is 0 Å². The molecule has 1 heterocycles. The Hall–Kier alpha value is -1.43. The number of nitrogens with zero attached hydrogens (tertiary/aromatic N) is 2. The molecule has 0 saturated heterocycles. The van der Waals surface area contributed by atoms with Crippen LogP contribution in [0.1, 0.15) is 11.8 Å². The van der Waals surface area contributed by atoms with Crippen LogP contribution in [0.25, 0.3) is 11.3 Å². The molecule has 1 aromatic carbocycles. The fourth-order valence-corrected chi connectivity index (χ4v) is 2.94. The van der Waals surface area contributed by atoms with E-state index in [1.807, 2.05) is 44.1 Å². The zero-order valence-electron chi connectivity index (χ0n) is 12.8. The van der Waals surface area contributed by atoms with Crippen LogP contribution in [0.4, 0.5) is 5.13 Å². The molecule has 0 aliphatic rings. The summed E-state index contributed by atoms with van der Waals surface area (Å²) >= 11 is 1.71. The van der Waals surface area contributed by atoms with Gasteiger partial charge in [0.15, 0.2) is 5.13 Å². The summed E-state index contributed by atoms with van der Waals surface area (Å²) < 4.78 is 0. The first kappa shape index (κ1) is 15.9. The molecule has 0 aliphatic heterocycles. The van der Waals surface area contributed by atoms with E-state index in [9.17, 15) is 0 Å². The summed E-state index contributed by atoms with van der Waals surface area (Å²) in [4.78, 5) is 8.02. The number of aromatic nitrogens is 1. The average Bonchev–Trinajstić information content (AvgIpc) is 2.92. The fraction of sp³-hybridized carbons (Fsp3) is 0.438. The Bertz CT molecular complexity index is 554. The Balaban J connectivity index is 2.18. The minimum Gasteiger partial charge on any atom is -0.396 e. The summed E-state index contributed by atoms with van der Waals surface area (Å²) in [6, 6.07) is 10.3. The van der Waals surface area contributed by atoms with E-state index in [-0.39, 0.29) is 12.5 Å². The molecule has 0 spiro atoms. The van der Waals surface area contributed by atoms with E-state index in [1.165, 1.54) is 4.88 Å². The van der Waals surface area contributed by atoms with Crippen LogP contribution in [-0.4, -0.2) is 37.3 Å². The Kier molecular flexibility index (Phi) is 5.73. The SMILES string of the molecule is CC(CO)CNCc1sc(N(C)C)nc1-c1ccccc1. The van der Waals surface area contributed by atoms with E-state index in [0.29, 0.717) is 0 Å². The highest BCUT2D eigenvalue weighted by Crippen LogP contribution is 2.32. The fourth-order valence-electron chi connectivity index (χ4n) is 1.97. The normalized spacial score (nSPS) is 12.4. The second-order valence-corrected chi connectivity index (χ2v) is 6.51. The quantitative estimate of drug-likeness (QED) is 0.825. The second kappa shape index (κ2) is 7.54. The molecule has 2 aromatic rings. The summed E-state index contributed by atoms with van der Waals surface area (Å²) in [5.74, 6) is 0.270. The van der Waals surface area contributed by atoms with Crippen molar-refractivity contribution in [1.29, 1.82) is 0 Å². The monoisotopic (exact) mass is 305 g/mol. The van der Waals surface area contributed by atoms with Crippen LogP contribution >= 0.6 is 11.3 Å². The predicted octanol–water partition coefficient (Wildman–Crippen LogP) is 2.59. The van der Waals surface area contributed by atoms with Crippen LogP contribution in [0, 0.1) is 5.92 Å². The molecule has 0 fully saturated rings. The second-order valence-electron chi connectivity index (χ2n) is 5.45. The lowest BCUT2D eigenvalue weighted by molar-refractivity contribution is 0.233. The number of thiazole rings is 1. The maximum atomic E-state index is 9.09. The van der Waals surface area contributed by atoms with Gasteiger partial charge in [-0.1, -0.05) is 48.6 Å². The Morgan fingerprint density at radius 3 is 2.62 bits per heavy atom. The highest BCUT2D eigenvalue weighted by Gasteiger charge is 2.14. The van der Waals surface area contributed by atoms with Crippen molar-refractivity contribution < 1.29 is 5.11 Å². The molecule has 1 unspecified atom stereocenters. The lowest BCUT2D eigenvalue weighted by atomic mass is 10.1. The molecule has 21 heavy (non-hydrogen) atoms. The van der Waals surface area contributed by atoms with E-state index >= 15 is 0 Å². The van der Waals surface area contributed by atoms with Gasteiger partial charge in [0.2, 0.25) is 0 Å². The van der Waals surface area contributed by atoms with Crippen molar-refractivity contribution in [3.63, 3.8) is 0 Å². The van der Waals surface area contributed by atoms with Crippen LogP contribution in [0.15, 0.2) is 30.3 Å². The molecule has 0 radical (unpaired) electrons. The Labute approximate surface area is 130 Å². The molecule has 114 valence electrons. The van der Waals surface area contributed by atoms with Gasteiger partial charge in [-0.25, -0.2) is 4.98 Å². The zero-order chi connectivity index (χ0) is 15.2. The molecule has 2 N–H and O–H groups in total. The molecule has 1 atom stereocenters. The van der Waals surface area contributed by atoms with E-state index in [2.05, 4.69) is 17.4 Å². The summed E-state index contributed by atoms with van der Waals surface area (Å²) in [5, 5.41) is 13.5. The van der Waals surface area contributed by atoms with Crippen molar-refractivity contribution in [1.82, 2.24) is 10.3 Å². The number of rotatable bonds is 7. The first-order chi connectivity index (χ1) is 10.1. The largest absolute Gasteiger partial charge is 0.396 e. The molecule has 4 nitrogen and oxygen atoms in total. The van der Waals surface area contributed by atoms with Crippen molar-refractivity contribution >= 4 is 16.5 Å². The number of anilines is 1. The number of aliphatic hydroxyl groups is 1. The number of benzene rings is 1. The van der Waals surface area contributed by atoms with Gasteiger partial charge >= 0.3 is 0 Å². The third-order valence-corrected chi connectivity index (χ3v) is 4.43. The van der Waals surface area contributed by atoms with E-state index in [0.717, 1.165) is 29.5 Å². The maximum absolute atomic E-state index is 9.09. The standard InChI is InChI=1S/C16H23N3OS/c1-12(11-20)9-17-10-14-15(13-7-5-4-6-8-13)18-16(21-14)19(2)3/h4-8,12,17,20H,9-11H2,1-3H3. The average molecular weight is 305 g/mol. The van der Waals surface area contributed by atoms with Gasteiger partial charge in [-0.05, 0) is 5.92 Å². The van der Waals surface area contributed by atoms with Crippen molar-refractivity contribution in [2.24, 2.45) is 5.92 Å². The molecule has 0 saturated carbocycles. The van der Waals surface area contributed by atoms with Gasteiger partial charge in [-0.3, -0.25) is 0 Å². The van der Waals surface area contributed by atoms with E-state index in [4.69, 9.17) is 10.1 Å². The lowest BCUT2D eigenvalue weighted by Crippen LogP contribution is -2.22. The first-order valence-electron chi connectivity index (χ1n) is 7.15. The Morgan fingerprint density at radius 1 is 1.29 bits per heavy atom. The maximum Gasteiger partial charge on any atom is 0.185 e. The highest BCUT2D eigenvalue weighted by molar-refractivity contribution is 7.16. The predicted molar refractivity (Wildman–Crippen MR) is 89.8 cm³/mol. The van der Waals surface area contributed by atoms with Crippen molar-refractivity contribution in [3.8, 4) is 11.3 Å². The number of aliphatic hydroxyl groups excluding tert-OH is 1. The molecule has 5 heteroatoms. The third kappa shape index (κ3) is 4.27. The lowest BCUT2D eigenvalue weighted by Gasteiger charge is -2.09. The van der Waals surface area contributed by atoms with Crippen LogP contribution in [0.2, 0.25) is 0 Å². The number of hydrogen-bond acceptors (Lipinski definition) is 5. The summed E-state index contributed by atoms with van der Waals surface area (Å²) in [6.45, 7) is 3.83. The molecule has 0 bridgehead atoms. The van der Waals surface area contributed by atoms with Crippen LogP contribution < -0.4 is 10.2 Å². The van der Waals surface area contributed by atoms with Gasteiger partial charge in [-0.2, -0.15) is 0 Å². The van der Waals surface area contributed by atoms with Crippen molar-refractivity contribution in [3.05, 3.63) is 35.2 Å². The molecular weight excluding hydrogens is 282 g/mol. The smallest absolute Gasteiger partial charge is 0.185 e. The van der Waals surface area contributed by atoms with Gasteiger partial charge in [0.1, 0.15) is 0 Å². The molecule has 1 aromatic heterocycles. The minimum absolute atomic E-state index is 0.212. The molecule has 2 rings (SSSR count).